The molecule has 1 saturated heterocycles. The minimum absolute atomic E-state index is 0.0314. The molecule has 0 N–H and O–H groups in total. The van der Waals surface area contributed by atoms with Crippen LogP contribution < -0.4 is 0 Å². The van der Waals surface area contributed by atoms with Gasteiger partial charge in [-0.3, -0.25) is 14.5 Å². The van der Waals surface area contributed by atoms with Crippen LogP contribution in [-0.2, 0) is 4.79 Å². The van der Waals surface area contributed by atoms with Crippen LogP contribution in [0, 0.1) is 12.3 Å². The molecule has 2 rings (SSSR count). The molecular formula is C13H7Cl2NO2S. The van der Waals surface area contributed by atoms with Gasteiger partial charge in [-0.05, 0) is 35.5 Å². The molecule has 1 aromatic rings. The van der Waals surface area contributed by atoms with Gasteiger partial charge in [0.25, 0.3) is 11.1 Å². The summed E-state index contributed by atoms with van der Waals surface area (Å²) in [4.78, 5) is 24.8. The molecule has 0 aliphatic carbocycles. The van der Waals surface area contributed by atoms with Crippen LogP contribution in [0.4, 0.5) is 4.79 Å². The maximum Gasteiger partial charge on any atom is 0.294 e. The van der Waals surface area contributed by atoms with Crippen molar-refractivity contribution in [2.45, 2.75) is 0 Å². The number of hydrogen-bond donors (Lipinski definition) is 0. The largest absolute Gasteiger partial charge is 0.294 e. The van der Waals surface area contributed by atoms with Crippen molar-refractivity contribution in [2.75, 3.05) is 6.54 Å². The minimum Gasteiger partial charge on any atom is -0.268 e. The summed E-state index contributed by atoms with van der Waals surface area (Å²) in [5.74, 6) is 1.87. The van der Waals surface area contributed by atoms with Gasteiger partial charge in [0.15, 0.2) is 0 Å². The highest BCUT2D eigenvalue weighted by molar-refractivity contribution is 8.18. The van der Waals surface area contributed by atoms with Crippen molar-refractivity contribution in [1.82, 2.24) is 4.90 Å². The van der Waals surface area contributed by atoms with E-state index in [0.717, 1.165) is 16.7 Å². The predicted octanol–water partition coefficient (Wildman–Crippen LogP) is 3.66. The van der Waals surface area contributed by atoms with Crippen molar-refractivity contribution in [2.24, 2.45) is 0 Å². The molecule has 6 heteroatoms. The van der Waals surface area contributed by atoms with E-state index >= 15 is 0 Å². The van der Waals surface area contributed by atoms with Gasteiger partial charge in [-0.25, -0.2) is 0 Å². The van der Waals surface area contributed by atoms with Crippen LogP contribution in [0.5, 0.6) is 0 Å². The van der Waals surface area contributed by atoms with Crippen LogP contribution >= 0.6 is 35.0 Å². The highest BCUT2D eigenvalue weighted by Gasteiger charge is 2.34. The van der Waals surface area contributed by atoms with Crippen LogP contribution in [0.25, 0.3) is 6.08 Å². The second kappa shape index (κ2) is 5.70. The first-order valence-corrected chi connectivity index (χ1v) is 6.74. The topological polar surface area (TPSA) is 37.4 Å². The van der Waals surface area contributed by atoms with Crippen molar-refractivity contribution in [3.05, 3.63) is 38.7 Å². The van der Waals surface area contributed by atoms with E-state index in [0.29, 0.717) is 20.5 Å². The van der Waals surface area contributed by atoms with E-state index in [-0.39, 0.29) is 11.8 Å². The third-order valence-electron chi connectivity index (χ3n) is 2.37. The minimum atomic E-state index is -0.404. The molecule has 1 heterocycles. The molecule has 0 spiro atoms. The smallest absolute Gasteiger partial charge is 0.268 e. The summed E-state index contributed by atoms with van der Waals surface area (Å²) in [5.41, 5.74) is 0.622. The van der Waals surface area contributed by atoms with Gasteiger partial charge in [0, 0.05) is 10.0 Å². The molecule has 19 heavy (non-hydrogen) atoms. The van der Waals surface area contributed by atoms with Gasteiger partial charge in [0.2, 0.25) is 0 Å². The van der Waals surface area contributed by atoms with Crippen molar-refractivity contribution < 1.29 is 9.59 Å². The zero-order valence-electron chi connectivity index (χ0n) is 9.52. The van der Waals surface area contributed by atoms with E-state index in [1.807, 2.05) is 0 Å². The lowest BCUT2D eigenvalue weighted by Crippen LogP contribution is -2.28. The maximum absolute atomic E-state index is 11.9. The Morgan fingerprint density at radius 3 is 2.74 bits per heavy atom. The highest BCUT2D eigenvalue weighted by atomic mass is 35.5. The molecule has 1 fully saturated rings. The summed E-state index contributed by atoms with van der Waals surface area (Å²) in [6.07, 6.45) is 6.67. The lowest BCUT2D eigenvalue weighted by Gasteiger charge is -2.06. The number of terminal acetylenes is 1. The average molecular weight is 312 g/mol. The molecule has 3 nitrogen and oxygen atoms in total. The molecule has 0 aromatic heterocycles. The summed E-state index contributed by atoms with van der Waals surface area (Å²) in [5, 5.41) is 0.540. The third-order valence-corrected chi connectivity index (χ3v) is 3.84. The Morgan fingerprint density at radius 2 is 2.11 bits per heavy atom. The fourth-order valence-corrected chi connectivity index (χ4v) is 2.78. The normalized spacial score (nSPS) is 17.1. The number of benzene rings is 1. The van der Waals surface area contributed by atoms with Gasteiger partial charge in [0.05, 0.1) is 11.4 Å². The lowest BCUT2D eigenvalue weighted by atomic mass is 10.2. The highest BCUT2D eigenvalue weighted by Crippen LogP contribution is 2.33. The molecule has 1 aliphatic heterocycles. The third kappa shape index (κ3) is 2.95. The van der Waals surface area contributed by atoms with Crippen molar-refractivity contribution in [3.8, 4) is 12.3 Å². The van der Waals surface area contributed by atoms with Gasteiger partial charge in [0.1, 0.15) is 0 Å². The molecular weight excluding hydrogens is 305 g/mol. The number of thioether (sulfide) groups is 1. The van der Waals surface area contributed by atoms with Crippen LogP contribution in [0.3, 0.4) is 0 Å². The zero-order valence-corrected chi connectivity index (χ0v) is 11.9. The van der Waals surface area contributed by atoms with E-state index in [2.05, 4.69) is 5.92 Å². The standard InChI is InChI=1S/C13H7Cl2NO2S/c1-2-5-16-12(17)11(19-13(16)18)6-8-3-4-9(14)7-10(8)15/h1,3-4,6-7H,5H2/b11-6-. The van der Waals surface area contributed by atoms with E-state index in [1.165, 1.54) is 0 Å². The van der Waals surface area contributed by atoms with Gasteiger partial charge in [-0.1, -0.05) is 35.2 Å². The van der Waals surface area contributed by atoms with E-state index in [1.54, 1.807) is 24.3 Å². The van der Waals surface area contributed by atoms with Crippen LogP contribution in [0.15, 0.2) is 23.1 Å². The predicted molar refractivity (Wildman–Crippen MR) is 78.0 cm³/mol. The number of amides is 2. The number of imide groups is 1. The molecule has 0 atom stereocenters. The average Bonchev–Trinajstić information content (AvgIpc) is 2.61. The Morgan fingerprint density at radius 1 is 1.37 bits per heavy atom. The molecule has 1 aliphatic rings. The number of rotatable bonds is 2. The second-order valence-electron chi connectivity index (χ2n) is 3.64. The summed E-state index contributed by atoms with van der Waals surface area (Å²) >= 11 is 12.6. The summed E-state index contributed by atoms with van der Waals surface area (Å²) in [6, 6.07) is 4.91. The van der Waals surface area contributed by atoms with E-state index in [4.69, 9.17) is 29.6 Å². The van der Waals surface area contributed by atoms with Crippen LogP contribution in [-0.4, -0.2) is 22.6 Å². The second-order valence-corrected chi connectivity index (χ2v) is 5.47. The fraction of sp³-hybridized carbons (Fsp3) is 0.0769. The maximum atomic E-state index is 11.9. The molecule has 0 saturated carbocycles. The quantitative estimate of drug-likeness (QED) is 0.618. The summed E-state index contributed by atoms with van der Waals surface area (Å²) in [6.45, 7) is -0.0314. The molecule has 0 unspecified atom stereocenters. The number of carbonyl (C=O) groups excluding carboxylic acids is 2. The first-order chi connectivity index (χ1) is 9.02. The number of carbonyl (C=O) groups is 2. The Hall–Kier alpha value is -1.41. The Labute approximate surface area is 124 Å². The number of nitrogens with zero attached hydrogens (tertiary/aromatic N) is 1. The van der Waals surface area contributed by atoms with E-state index in [9.17, 15) is 9.59 Å². The molecule has 1 aromatic carbocycles. The Kier molecular flexibility index (Phi) is 4.20. The summed E-state index contributed by atoms with van der Waals surface area (Å²) < 4.78 is 0. The van der Waals surface area contributed by atoms with Crippen molar-refractivity contribution >= 4 is 52.2 Å². The lowest BCUT2D eigenvalue weighted by molar-refractivity contribution is -0.122. The number of hydrogen-bond acceptors (Lipinski definition) is 3. The SMILES string of the molecule is C#CCN1C(=O)S/C(=C\c2ccc(Cl)cc2Cl)C1=O. The Balaban J connectivity index is 2.33. The molecule has 96 valence electrons. The zero-order chi connectivity index (χ0) is 14.0. The van der Waals surface area contributed by atoms with Crippen LogP contribution in [0.2, 0.25) is 10.0 Å². The monoisotopic (exact) mass is 311 g/mol. The molecule has 0 bridgehead atoms. The van der Waals surface area contributed by atoms with Crippen molar-refractivity contribution in [1.29, 1.82) is 0 Å². The Bertz CT molecular complexity index is 634. The molecule has 2 amide bonds. The van der Waals surface area contributed by atoms with E-state index < -0.39 is 5.91 Å². The first-order valence-electron chi connectivity index (χ1n) is 5.17. The van der Waals surface area contributed by atoms with Crippen molar-refractivity contribution in [3.63, 3.8) is 0 Å². The van der Waals surface area contributed by atoms with Gasteiger partial charge in [-0.15, -0.1) is 6.42 Å². The first kappa shape index (κ1) is 14.0. The molecule has 0 radical (unpaired) electrons. The summed E-state index contributed by atoms with van der Waals surface area (Å²) in [7, 11) is 0. The fourth-order valence-electron chi connectivity index (χ4n) is 1.49. The van der Waals surface area contributed by atoms with Gasteiger partial charge < -0.3 is 0 Å². The van der Waals surface area contributed by atoms with Gasteiger partial charge >= 0.3 is 0 Å². The number of halogens is 2. The van der Waals surface area contributed by atoms with Crippen LogP contribution in [0.1, 0.15) is 5.56 Å². The van der Waals surface area contributed by atoms with Gasteiger partial charge in [-0.2, -0.15) is 0 Å².